The first-order valence-electron chi connectivity index (χ1n) is 10.6. The zero-order valence-electron chi connectivity index (χ0n) is 17.6. The van der Waals surface area contributed by atoms with Crippen LogP contribution in [0.5, 0.6) is 0 Å². The number of hydrogen-bond acceptors (Lipinski definition) is 5. The van der Waals surface area contributed by atoms with Gasteiger partial charge in [0.1, 0.15) is 4.32 Å². The number of nitrogens with zero attached hydrogens (tertiary/aromatic N) is 2. The number of rotatable bonds is 5. The third-order valence-electron chi connectivity index (χ3n) is 5.42. The normalized spacial score (nSPS) is 16.2. The van der Waals surface area contributed by atoms with Crippen LogP contribution >= 0.6 is 35.7 Å². The molecule has 5 rings (SSSR count). The second-order valence-corrected chi connectivity index (χ2v) is 10.4. The highest BCUT2D eigenvalue weighted by atomic mass is 32.2. The summed E-state index contributed by atoms with van der Waals surface area (Å²) in [6, 6.07) is 25.6. The average molecular weight is 489 g/mol. The van der Waals surface area contributed by atoms with Crippen LogP contribution < -0.4 is 4.90 Å². The minimum atomic E-state index is -0.0913. The van der Waals surface area contributed by atoms with Gasteiger partial charge in [-0.2, -0.15) is 0 Å². The van der Waals surface area contributed by atoms with Gasteiger partial charge in [0.2, 0.25) is 5.91 Å². The van der Waals surface area contributed by atoms with Gasteiger partial charge in [-0.3, -0.25) is 19.4 Å². The van der Waals surface area contributed by atoms with Crippen LogP contribution in [0.25, 0.3) is 6.08 Å². The molecule has 0 bridgehead atoms. The standard InChI is InChI=1S/C26H20N2O2S3/c29-24(28-19-11-4-6-13-21(19)32-22-14-7-5-12-20(22)28)15-8-16-27-25(30)23(33-26(27)31)17-18-9-2-1-3-10-18/h1-7,9-14,17H,8,15-16H2/b23-17-. The van der Waals surface area contributed by atoms with Crippen molar-refractivity contribution in [2.45, 2.75) is 22.6 Å². The lowest BCUT2D eigenvalue weighted by Crippen LogP contribution is -2.32. The number of amides is 2. The lowest BCUT2D eigenvalue weighted by molar-refractivity contribution is -0.123. The molecule has 2 aliphatic heterocycles. The van der Waals surface area contributed by atoms with Crippen LogP contribution in [0.2, 0.25) is 0 Å². The number of carbonyl (C=O) groups excluding carboxylic acids is 2. The number of carbonyl (C=O) groups is 2. The predicted molar refractivity (Wildman–Crippen MR) is 140 cm³/mol. The van der Waals surface area contributed by atoms with Crippen molar-refractivity contribution in [2.75, 3.05) is 11.4 Å². The second-order valence-electron chi connectivity index (χ2n) is 7.61. The van der Waals surface area contributed by atoms with Crippen molar-refractivity contribution < 1.29 is 9.59 Å². The molecule has 2 heterocycles. The highest BCUT2D eigenvalue weighted by Crippen LogP contribution is 2.48. The Labute approximate surface area is 206 Å². The Morgan fingerprint density at radius 3 is 2.12 bits per heavy atom. The van der Waals surface area contributed by atoms with E-state index >= 15 is 0 Å². The third-order valence-corrected chi connectivity index (χ3v) is 7.93. The van der Waals surface area contributed by atoms with Gasteiger partial charge < -0.3 is 0 Å². The first kappa shape index (κ1) is 21.9. The van der Waals surface area contributed by atoms with Crippen molar-refractivity contribution in [1.82, 2.24) is 4.90 Å². The van der Waals surface area contributed by atoms with Crippen molar-refractivity contribution in [1.29, 1.82) is 0 Å². The van der Waals surface area contributed by atoms with Gasteiger partial charge in [0, 0.05) is 22.8 Å². The molecule has 0 aliphatic carbocycles. The quantitative estimate of drug-likeness (QED) is 0.303. The maximum absolute atomic E-state index is 13.3. The fourth-order valence-corrected chi connectivity index (χ4v) is 6.23. The summed E-state index contributed by atoms with van der Waals surface area (Å²) < 4.78 is 0.541. The molecule has 3 aromatic rings. The average Bonchev–Trinajstić information content (AvgIpc) is 3.10. The monoisotopic (exact) mass is 488 g/mol. The number of thiocarbonyl (C=S) groups is 1. The first-order chi connectivity index (χ1) is 16.1. The highest BCUT2D eigenvalue weighted by molar-refractivity contribution is 8.26. The summed E-state index contributed by atoms with van der Waals surface area (Å²) in [5, 5.41) is 0. The fraction of sp³-hybridized carbons (Fsp3) is 0.115. The van der Waals surface area contributed by atoms with Crippen LogP contribution in [0.3, 0.4) is 0 Å². The summed E-state index contributed by atoms with van der Waals surface area (Å²) in [4.78, 5) is 32.4. The minimum Gasteiger partial charge on any atom is -0.293 e. The van der Waals surface area contributed by atoms with Crippen LogP contribution in [0.15, 0.2) is 93.6 Å². The van der Waals surface area contributed by atoms with E-state index in [4.69, 9.17) is 12.2 Å². The summed E-state index contributed by atoms with van der Waals surface area (Å²) in [6.45, 7) is 0.425. The van der Waals surface area contributed by atoms with Gasteiger partial charge >= 0.3 is 0 Å². The number of fused-ring (bicyclic) bond motifs is 2. The van der Waals surface area contributed by atoms with Crippen molar-refractivity contribution >= 4 is 69.3 Å². The van der Waals surface area contributed by atoms with Crippen LogP contribution in [-0.4, -0.2) is 27.6 Å². The Hall–Kier alpha value is -2.87. The molecule has 0 atom stereocenters. The molecule has 0 radical (unpaired) electrons. The molecule has 1 saturated heterocycles. The molecule has 0 N–H and O–H groups in total. The summed E-state index contributed by atoms with van der Waals surface area (Å²) in [6.07, 6.45) is 2.73. The van der Waals surface area contributed by atoms with E-state index in [9.17, 15) is 9.59 Å². The van der Waals surface area contributed by atoms with E-state index in [1.807, 2.05) is 84.9 Å². The van der Waals surface area contributed by atoms with Crippen LogP contribution in [0, 0.1) is 0 Å². The van der Waals surface area contributed by atoms with Crippen LogP contribution in [0.4, 0.5) is 11.4 Å². The Balaban J connectivity index is 1.28. The van der Waals surface area contributed by atoms with E-state index < -0.39 is 0 Å². The van der Waals surface area contributed by atoms with E-state index in [0.29, 0.717) is 28.6 Å². The smallest absolute Gasteiger partial charge is 0.266 e. The fourth-order valence-electron chi connectivity index (χ4n) is 3.87. The molecule has 7 heteroatoms. The molecule has 3 aromatic carbocycles. The van der Waals surface area contributed by atoms with Gasteiger partial charge in [0.15, 0.2) is 0 Å². The van der Waals surface area contributed by atoms with Crippen molar-refractivity contribution in [3.05, 3.63) is 89.3 Å². The number of thioether (sulfide) groups is 1. The Bertz CT molecular complexity index is 1230. The Morgan fingerprint density at radius 1 is 0.848 bits per heavy atom. The molecule has 0 aromatic heterocycles. The number of anilines is 2. The number of para-hydroxylation sites is 2. The predicted octanol–water partition coefficient (Wildman–Crippen LogP) is 6.50. The molecule has 1 fully saturated rings. The number of hydrogen-bond donors (Lipinski definition) is 0. The lowest BCUT2D eigenvalue weighted by Gasteiger charge is -2.31. The molecule has 0 spiro atoms. The van der Waals surface area contributed by atoms with Gasteiger partial charge in [-0.05, 0) is 42.3 Å². The lowest BCUT2D eigenvalue weighted by atomic mass is 10.1. The highest BCUT2D eigenvalue weighted by Gasteiger charge is 2.32. The van der Waals surface area contributed by atoms with E-state index in [-0.39, 0.29) is 11.8 Å². The third kappa shape index (κ3) is 4.49. The number of benzene rings is 3. The van der Waals surface area contributed by atoms with E-state index in [1.165, 1.54) is 11.8 Å². The van der Waals surface area contributed by atoms with Gasteiger partial charge in [-0.1, -0.05) is 90.3 Å². The molecule has 0 unspecified atom stereocenters. The Morgan fingerprint density at radius 2 is 1.45 bits per heavy atom. The van der Waals surface area contributed by atoms with Gasteiger partial charge in [0.25, 0.3) is 5.91 Å². The molecular formula is C26H20N2O2S3. The van der Waals surface area contributed by atoms with Gasteiger partial charge in [-0.25, -0.2) is 0 Å². The zero-order valence-corrected chi connectivity index (χ0v) is 20.1. The van der Waals surface area contributed by atoms with E-state index in [1.54, 1.807) is 21.6 Å². The SMILES string of the molecule is O=C1/C(=C/c2ccccc2)SC(=S)N1CCCC(=O)N1c2ccccc2Sc2ccccc21. The zero-order chi connectivity index (χ0) is 22.8. The maximum Gasteiger partial charge on any atom is 0.266 e. The first-order valence-corrected chi connectivity index (χ1v) is 12.7. The molecule has 33 heavy (non-hydrogen) atoms. The summed E-state index contributed by atoms with van der Waals surface area (Å²) in [5.74, 6) is -0.0770. The van der Waals surface area contributed by atoms with Crippen molar-refractivity contribution in [3.8, 4) is 0 Å². The van der Waals surface area contributed by atoms with Crippen molar-refractivity contribution in [2.24, 2.45) is 0 Å². The Kier molecular flexibility index (Phi) is 6.35. The second kappa shape index (κ2) is 9.55. The molecule has 164 valence electrons. The summed E-state index contributed by atoms with van der Waals surface area (Å²) in [7, 11) is 0. The molecule has 0 saturated carbocycles. The molecule has 2 aliphatic rings. The van der Waals surface area contributed by atoms with Crippen molar-refractivity contribution in [3.63, 3.8) is 0 Å². The van der Waals surface area contributed by atoms with E-state index in [0.717, 1.165) is 26.7 Å². The molecule has 4 nitrogen and oxygen atoms in total. The van der Waals surface area contributed by atoms with Crippen LogP contribution in [-0.2, 0) is 9.59 Å². The molecular weight excluding hydrogens is 468 g/mol. The largest absolute Gasteiger partial charge is 0.293 e. The minimum absolute atomic E-state index is 0.0143. The van der Waals surface area contributed by atoms with E-state index in [2.05, 4.69) is 0 Å². The summed E-state index contributed by atoms with van der Waals surface area (Å²) >= 11 is 8.44. The topological polar surface area (TPSA) is 40.6 Å². The maximum atomic E-state index is 13.3. The van der Waals surface area contributed by atoms with Crippen LogP contribution in [0.1, 0.15) is 18.4 Å². The van der Waals surface area contributed by atoms with Gasteiger partial charge in [0.05, 0.1) is 16.3 Å². The molecule has 2 amide bonds. The van der Waals surface area contributed by atoms with Gasteiger partial charge in [-0.15, -0.1) is 0 Å². The summed E-state index contributed by atoms with van der Waals surface area (Å²) in [5.41, 5.74) is 2.78.